The number of nitrogens with one attached hydrogen (secondary N) is 2. The van der Waals surface area contributed by atoms with E-state index in [1.165, 1.54) is 17.8 Å². The number of thioether (sulfide) groups is 1. The van der Waals surface area contributed by atoms with Gasteiger partial charge in [0.2, 0.25) is 0 Å². The van der Waals surface area contributed by atoms with Crippen molar-refractivity contribution in [3.8, 4) is 11.5 Å². The maximum Gasteiger partial charge on any atom is 0.405 e. The van der Waals surface area contributed by atoms with Crippen LogP contribution >= 0.6 is 19.5 Å². The van der Waals surface area contributed by atoms with E-state index in [0.29, 0.717) is 11.5 Å². The first-order valence-electron chi connectivity index (χ1n) is 27.5. The number of fused-ring (bicyclic) bond motifs is 1. The largest absolute Gasteiger partial charge is 0.497 e. The van der Waals surface area contributed by atoms with Gasteiger partial charge in [-0.2, -0.15) is 0 Å². The minimum atomic E-state index is -4.26. The van der Waals surface area contributed by atoms with Crippen LogP contribution < -0.4 is 19.9 Å². The molecule has 0 bridgehead atoms. The Bertz CT molecular complexity index is 3520. The fourth-order valence-electron chi connectivity index (χ4n) is 10.6. The van der Waals surface area contributed by atoms with Gasteiger partial charge in [0, 0.05) is 18.5 Å². The van der Waals surface area contributed by atoms with Crippen molar-refractivity contribution in [2.75, 3.05) is 45.1 Å². The number of hydrogen-bond donors (Lipinski definition) is 4. The van der Waals surface area contributed by atoms with Crippen LogP contribution in [0.2, 0.25) is 0 Å². The zero-order chi connectivity index (χ0) is 59.0. The zero-order valence-electron chi connectivity index (χ0n) is 47.2. The number of carbonyl (C=O) groups excluding carboxylic acids is 1. The number of aliphatic hydroxyl groups excluding tert-OH is 1. The molecule has 0 amide bonds. The van der Waals surface area contributed by atoms with E-state index >= 15 is 4.39 Å². The summed E-state index contributed by atoms with van der Waals surface area (Å²) in [5, 5.41) is 30.3. The van der Waals surface area contributed by atoms with Crippen molar-refractivity contribution in [3.05, 3.63) is 257 Å². The van der Waals surface area contributed by atoms with Crippen molar-refractivity contribution in [3.63, 3.8) is 0 Å². The Morgan fingerprint density at radius 2 is 1.20 bits per heavy atom. The van der Waals surface area contributed by atoms with E-state index in [2.05, 4.69) is 20.4 Å². The van der Waals surface area contributed by atoms with Gasteiger partial charge in [-0.25, -0.2) is 24.0 Å². The lowest BCUT2D eigenvalue weighted by atomic mass is 9.77. The van der Waals surface area contributed by atoms with Gasteiger partial charge in [-0.15, -0.1) is 0 Å². The molecule has 2 aromatic heterocycles. The van der Waals surface area contributed by atoms with E-state index in [4.69, 9.17) is 28.0 Å². The van der Waals surface area contributed by atoms with Crippen LogP contribution in [0.25, 0.3) is 11.0 Å². The van der Waals surface area contributed by atoms with Crippen molar-refractivity contribution in [2.45, 2.75) is 62.5 Å². The average Bonchev–Trinajstić information content (AvgIpc) is 1.52. The molecule has 1 fully saturated rings. The molecule has 1 aliphatic heterocycles. The molecule has 3 heterocycles. The molecule has 18 heteroatoms. The Morgan fingerprint density at radius 1 is 0.714 bits per heavy atom. The molecule has 434 valence electrons. The molecule has 0 spiro atoms. The molecule has 1 saturated heterocycles. The summed E-state index contributed by atoms with van der Waals surface area (Å²) in [6.07, 6.45) is -1.99. The summed E-state index contributed by atoms with van der Waals surface area (Å²) in [4.78, 5) is 23.3. The van der Waals surface area contributed by atoms with E-state index in [1.54, 1.807) is 14.2 Å². The summed E-state index contributed by atoms with van der Waals surface area (Å²) in [5.41, 5.74) is 0.554. The summed E-state index contributed by atoms with van der Waals surface area (Å²) >= 11 is 1.02. The van der Waals surface area contributed by atoms with Gasteiger partial charge in [0.15, 0.2) is 22.8 Å². The monoisotopic (exact) mass is 1170 g/mol. The minimum absolute atomic E-state index is 0.0247. The molecular weight excluding hydrogens is 1100 g/mol. The minimum Gasteiger partial charge on any atom is -0.497 e. The molecule has 0 saturated carbocycles. The number of hydrogen-bond acceptors (Lipinski definition) is 14. The first kappa shape index (κ1) is 59.6. The molecule has 7 aromatic carbocycles. The number of benzene rings is 7. The van der Waals surface area contributed by atoms with Gasteiger partial charge in [0.1, 0.15) is 52.6 Å². The molecule has 0 aliphatic carbocycles. The van der Waals surface area contributed by atoms with Crippen molar-refractivity contribution in [2.24, 2.45) is 5.41 Å². The lowest BCUT2D eigenvalue weighted by Gasteiger charge is -2.38. The van der Waals surface area contributed by atoms with E-state index in [1.807, 2.05) is 214 Å². The van der Waals surface area contributed by atoms with Crippen LogP contribution in [0.4, 0.5) is 10.2 Å². The molecule has 0 radical (unpaired) electrons. The van der Waals surface area contributed by atoms with Gasteiger partial charge in [-0.05, 0) is 84.0 Å². The number of rotatable bonds is 25. The highest BCUT2D eigenvalue weighted by Crippen LogP contribution is 2.49. The van der Waals surface area contributed by atoms with Gasteiger partial charge in [0.25, 0.3) is 0 Å². The fraction of sp³-hybridized carbons (Fsp3) is 0.258. The van der Waals surface area contributed by atoms with Gasteiger partial charge in [-0.1, -0.05) is 188 Å². The maximum absolute atomic E-state index is 16.9. The summed E-state index contributed by atoms with van der Waals surface area (Å²) in [6, 6.07) is 63.7. The number of aliphatic hydroxyl groups is 2. The number of halogens is 1. The summed E-state index contributed by atoms with van der Waals surface area (Å²) in [6.45, 7) is 4.42. The summed E-state index contributed by atoms with van der Waals surface area (Å²) in [7, 11) is -1.09. The molecule has 2 unspecified atom stereocenters. The number of aromatic nitrogens is 3. The van der Waals surface area contributed by atoms with Crippen molar-refractivity contribution in [1.29, 1.82) is 0 Å². The second-order valence-electron chi connectivity index (χ2n) is 21.2. The van der Waals surface area contributed by atoms with Gasteiger partial charge in [0.05, 0.1) is 44.8 Å². The van der Waals surface area contributed by atoms with Crippen molar-refractivity contribution in [1.82, 2.24) is 19.6 Å². The van der Waals surface area contributed by atoms with E-state index in [-0.39, 0.29) is 47.5 Å². The van der Waals surface area contributed by atoms with Crippen LogP contribution in [0.3, 0.4) is 0 Å². The number of nitrogens with zero attached hydrogens (tertiary/aromatic N) is 3. The van der Waals surface area contributed by atoms with Crippen LogP contribution in [0.15, 0.2) is 213 Å². The number of anilines is 1. The second kappa shape index (κ2) is 25.8. The second-order valence-corrected chi connectivity index (χ2v) is 24.1. The summed E-state index contributed by atoms with van der Waals surface area (Å²) < 4.78 is 69.5. The van der Waals surface area contributed by atoms with Crippen LogP contribution in [-0.2, 0) is 45.6 Å². The number of carbonyl (C=O) groups is 1. The van der Waals surface area contributed by atoms with Gasteiger partial charge >= 0.3 is 7.75 Å². The highest BCUT2D eigenvalue weighted by molar-refractivity contribution is 8.13. The lowest BCUT2D eigenvalue weighted by Crippen LogP contribution is -2.44. The first-order valence-corrected chi connectivity index (χ1v) is 30.0. The highest BCUT2D eigenvalue weighted by Gasteiger charge is 2.54. The number of methoxy groups -OCH3 is 2. The molecule has 9 aromatic rings. The van der Waals surface area contributed by atoms with Crippen LogP contribution in [0, 0.1) is 11.2 Å². The Hall–Kier alpha value is -7.54. The van der Waals surface area contributed by atoms with E-state index < -0.39 is 60.8 Å². The fourth-order valence-corrected chi connectivity index (χ4v) is 12.9. The normalized spacial score (nSPS) is 18.1. The van der Waals surface area contributed by atoms with Crippen LogP contribution in [0.1, 0.15) is 65.9 Å². The summed E-state index contributed by atoms with van der Waals surface area (Å²) in [5.74, 6) is 0.733. The predicted octanol–water partition coefficient (Wildman–Crippen LogP) is 12.2. The Morgan fingerprint density at radius 3 is 1.71 bits per heavy atom. The third kappa shape index (κ3) is 12.3. The highest BCUT2D eigenvalue weighted by atomic mass is 32.2. The SMILES string of the molecule is COc1ccc(C(Nc2ncnc3c2c(F)cn3[C@@H]2O[C@H](COP(=O)(NCc3ccccc3)OCCSC(=O)C(C)(C)COC(c3ccccc3)(c3ccccc3)c3ccccc3)[C@H](O)C2(C)O)(c2ccccc2)c2ccc(OC)cc2)cc1. The van der Waals surface area contributed by atoms with Crippen molar-refractivity contribution < 1.29 is 52.0 Å². The third-order valence-electron chi connectivity index (χ3n) is 15.2. The van der Waals surface area contributed by atoms with Gasteiger partial charge in [-0.3, -0.25) is 18.4 Å². The predicted molar refractivity (Wildman–Crippen MR) is 323 cm³/mol. The Labute approximate surface area is 492 Å². The molecule has 4 N–H and O–H groups in total. The third-order valence-corrected chi connectivity index (χ3v) is 17.9. The molecule has 1 aliphatic rings. The Kier molecular flexibility index (Phi) is 18.3. The maximum atomic E-state index is 16.9. The standard InChI is InChI=1S/C66H67FN5O10PS/c1-63(2,44-79-66(50-25-15-8-16-26-50,51-27-17-9-18-28-51)52-29-19-10-20-30-52)62(74)84-40-39-80-83(76,70-41-46-21-11-6-12-22-46)81-43-56-58(73)64(3,75)61(82-56)72-42-55(67)57-59(68-45-69-60(57)72)71-65(47-23-13-7-14-24-47,48-31-35-53(77-4)36-32-48)49-33-37-54(78-5)38-34-49/h6-38,42,45,56,58,61,73,75H,39-41,43-44H2,1-5H3,(H,70,76)(H,68,69,71)/t56-,58+,61-,64?,83?/m1/s1. The smallest absolute Gasteiger partial charge is 0.405 e. The zero-order valence-corrected chi connectivity index (χ0v) is 48.9. The average molecular weight is 1170 g/mol. The molecule has 5 atom stereocenters. The quantitative estimate of drug-likeness (QED) is 0.0240. The lowest BCUT2D eigenvalue weighted by molar-refractivity contribution is -0.124. The molecular formula is C66H67FN5O10PS. The first-order chi connectivity index (χ1) is 40.6. The van der Waals surface area contributed by atoms with Gasteiger partial charge < -0.3 is 34.5 Å². The van der Waals surface area contributed by atoms with Crippen molar-refractivity contribution >= 4 is 41.5 Å². The number of ether oxygens (including phenoxy) is 4. The Balaban J connectivity index is 0.865. The molecule has 84 heavy (non-hydrogen) atoms. The van der Waals surface area contributed by atoms with E-state index in [0.717, 1.165) is 56.9 Å². The van der Waals surface area contributed by atoms with Crippen LogP contribution in [0.5, 0.6) is 11.5 Å². The topological polar surface area (TPSA) is 185 Å². The molecule has 10 rings (SSSR count). The van der Waals surface area contributed by atoms with Crippen LogP contribution in [-0.4, -0.2) is 87.5 Å². The molecule has 15 nitrogen and oxygen atoms in total. The van der Waals surface area contributed by atoms with E-state index in [9.17, 15) is 19.6 Å².